The number of amides is 1. The smallest absolute Gasteiger partial charge is 0.255 e. The molecule has 1 aliphatic carbocycles. The molecule has 138 valence electrons. The second-order valence-electron chi connectivity index (χ2n) is 6.14. The lowest BCUT2D eigenvalue weighted by Gasteiger charge is -2.17. The van der Waals surface area contributed by atoms with Crippen molar-refractivity contribution in [1.82, 2.24) is 5.32 Å². The number of carbonyl (C=O) groups excluding carboxylic acids is 1. The van der Waals surface area contributed by atoms with Crippen LogP contribution in [0.2, 0.25) is 10.0 Å². The van der Waals surface area contributed by atoms with Crippen molar-refractivity contribution in [3.63, 3.8) is 0 Å². The Kier molecular flexibility index (Phi) is 5.91. The quantitative estimate of drug-likeness (QED) is 0.751. The van der Waals surface area contributed by atoms with E-state index in [-0.39, 0.29) is 12.6 Å². The second-order valence-corrected chi connectivity index (χ2v) is 6.96. The van der Waals surface area contributed by atoms with Gasteiger partial charge in [-0.25, -0.2) is 0 Å². The largest absolute Gasteiger partial charge is 0.493 e. The molecule has 0 aliphatic heterocycles. The molecule has 0 saturated carbocycles. The van der Waals surface area contributed by atoms with Gasteiger partial charge in [0, 0.05) is 17.6 Å². The van der Waals surface area contributed by atoms with Crippen molar-refractivity contribution in [2.75, 3.05) is 13.7 Å². The van der Waals surface area contributed by atoms with E-state index in [0.29, 0.717) is 23.1 Å². The molecule has 0 radical (unpaired) electrons. The number of rotatable bonds is 7. The van der Waals surface area contributed by atoms with E-state index in [4.69, 9.17) is 38.4 Å². The molecule has 5 nitrogen and oxygen atoms in total. The fourth-order valence-corrected chi connectivity index (χ4v) is 3.79. The second kappa shape index (κ2) is 8.16. The normalized spacial score (nSPS) is 15.6. The molecule has 2 aromatic rings. The Balaban J connectivity index is 1.72. The summed E-state index contributed by atoms with van der Waals surface area (Å²) >= 11 is 12.6. The van der Waals surface area contributed by atoms with Crippen LogP contribution in [0.4, 0.5) is 0 Å². The zero-order valence-electron chi connectivity index (χ0n) is 14.4. The van der Waals surface area contributed by atoms with E-state index in [1.54, 1.807) is 6.07 Å². The van der Waals surface area contributed by atoms with Crippen LogP contribution in [0, 0.1) is 0 Å². The fourth-order valence-electron chi connectivity index (χ4n) is 3.22. The first kappa shape index (κ1) is 18.8. The van der Waals surface area contributed by atoms with Crippen molar-refractivity contribution < 1.29 is 14.3 Å². The lowest BCUT2D eigenvalue weighted by atomic mass is 10.1. The van der Waals surface area contributed by atoms with Gasteiger partial charge in [-0.05, 0) is 47.7 Å². The first-order valence-electron chi connectivity index (χ1n) is 8.27. The van der Waals surface area contributed by atoms with E-state index in [2.05, 4.69) is 11.4 Å². The summed E-state index contributed by atoms with van der Waals surface area (Å²) in [4.78, 5) is 10.9. The van der Waals surface area contributed by atoms with Crippen molar-refractivity contribution in [2.24, 2.45) is 5.73 Å². The number of halogens is 2. The van der Waals surface area contributed by atoms with Gasteiger partial charge in [0.05, 0.1) is 12.1 Å². The summed E-state index contributed by atoms with van der Waals surface area (Å²) < 4.78 is 10.7. The van der Waals surface area contributed by atoms with Crippen LogP contribution in [0.25, 0.3) is 0 Å². The van der Waals surface area contributed by atoms with Crippen LogP contribution in [0.15, 0.2) is 30.3 Å². The highest BCUT2D eigenvalue weighted by Crippen LogP contribution is 2.38. The van der Waals surface area contributed by atoms with Gasteiger partial charge in [0.1, 0.15) is 0 Å². The molecule has 7 heteroatoms. The maximum absolute atomic E-state index is 10.9. The highest BCUT2D eigenvalue weighted by atomic mass is 35.5. The maximum atomic E-state index is 10.9. The zero-order chi connectivity index (χ0) is 18.7. The van der Waals surface area contributed by atoms with Gasteiger partial charge >= 0.3 is 0 Å². The molecule has 2 aromatic carbocycles. The van der Waals surface area contributed by atoms with Crippen LogP contribution in [-0.2, 0) is 17.8 Å². The third-order valence-corrected chi connectivity index (χ3v) is 5.05. The first-order valence-corrected chi connectivity index (χ1v) is 9.03. The third-order valence-electron chi connectivity index (χ3n) is 4.41. The summed E-state index contributed by atoms with van der Waals surface area (Å²) in [7, 11) is 1.52. The Morgan fingerprint density at radius 2 is 2.12 bits per heavy atom. The van der Waals surface area contributed by atoms with Gasteiger partial charge in [0.2, 0.25) is 0 Å². The van der Waals surface area contributed by atoms with Crippen LogP contribution < -0.4 is 20.5 Å². The van der Waals surface area contributed by atoms with Crippen molar-refractivity contribution in [3.8, 4) is 11.5 Å². The number of benzene rings is 2. The lowest BCUT2D eigenvalue weighted by Crippen LogP contribution is -2.20. The lowest BCUT2D eigenvalue weighted by molar-refractivity contribution is -0.119. The molecule has 1 atom stereocenters. The predicted molar refractivity (Wildman–Crippen MR) is 102 cm³/mol. The molecule has 0 aromatic heterocycles. The molecular weight excluding hydrogens is 375 g/mol. The van der Waals surface area contributed by atoms with Crippen LogP contribution in [0.1, 0.15) is 29.2 Å². The van der Waals surface area contributed by atoms with Gasteiger partial charge < -0.3 is 20.5 Å². The number of primary amides is 1. The summed E-state index contributed by atoms with van der Waals surface area (Å²) in [6.07, 6.45) is 1.97. The van der Waals surface area contributed by atoms with Gasteiger partial charge in [-0.1, -0.05) is 35.3 Å². The Morgan fingerprint density at radius 3 is 2.85 bits per heavy atom. The first-order chi connectivity index (χ1) is 12.5. The zero-order valence-corrected chi connectivity index (χ0v) is 15.9. The van der Waals surface area contributed by atoms with E-state index in [0.717, 1.165) is 23.4 Å². The summed E-state index contributed by atoms with van der Waals surface area (Å²) in [5.41, 5.74) is 8.53. The number of carbonyl (C=O) groups is 1. The van der Waals surface area contributed by atoms with Crippen molar-refractivity contribution >= 4 is 29.1 Å². The topological polar surface area (TPSA) is 73.6 Å². The molecule has 1 amide bonds. The molecule has 26 heavy (non-hydrogen) atoms. The van der Waals surface area contributed by atoms with Gasteiger partial charge in [-0.2, -0.15) is 0 Å². The molecule has 0 bridgehead atoms. The van der Waals surface area contributed by atoms with Gasteiger partial charge in [-0.3, -0.25) is 4.79 Å². The summed E-state index contributed by atoms with van der Waals surface area (Å²) in [5, 5.41) is 4.74. The minimum atomic E-state index is -0.576. The Hall–Kier alpha value is -1.95. The Morgan fingerprint density at radius 1 is 1.31 bits per heavy atom. The molecule has 0 heterocycles. The number of ether oxygens (including phenoxy) is 2. The Bertz CT molecular complexity index is 827. The minimum Gasteiger partial charge on any atom is -0.493 e. The van der Waals surface area contributed by atoms with Gasteiger partial charge in [0.25, 0.3) is 5.91 Å². The number of nitrogens with one attached hydrogen (secondary N) is 1. The minimum absolute atomic E-state index is 0.249. The predicted octanol–water partition coefficient (Wildman–Crippen LogP) is 3.64. The number of hydrogen-bond donors (Lipinski definition) is 2. The highest BCUT2D eigenvalue weighted by molar-refractivity contribution is 6.32. The molecule has 1 aliphatic rings. The molecule has 3 N–H and O–H groups in total. The number of methoxy groups -OCH3 is 1. The maximum Gasteiger partial charge on any atom is 0.255 e. The molecular formula is C19H20Cl2N2O3. The van der Waals surface area contributed by atoms with E-state index < -0.39 is 5.91 Å². The summed E-state index contributed by atoms with van der Waals surface area (Å²) in [5.74, 6) is 0.201. The van der Waals surface area contributed by atoms with Crippen LogP contribution in [0.3, 0.4) is 0 Å². The van der Waals surface area contributed by atoms with Crippen molar-refractivity contribution in [3.05, 3.63) is 57.1 Å². The van der Waals surface area contributed by atoms with Crippen LogP contribution in [0.5, 0.6) is 11.5 Å². The van der Waals surface area contributed by atoms with Crippen LogP contribution in [-0.4, -0.2) is 19.6 Å². The molecule has 0 saturated heterocycles. The van der Waals surface area contributed by atoms with Crippen molar-refractivity contribution in [2.45, 2.75) is 25.4 Å². The van der Waals surface area contributed by atoms with E-state index in [9.17, 15) is 4.79 Å². The summed E-state index contributed by atoms with van der Waals surface area (Å²) in [6.45, 7) is 0.357. The third kappa shape index (κ3) is 4.06. The summed E-state index contributed by atoms with van der Waals surface area (Å²) in [6, 6.07) is 9.90. The van der Waals surface area contributed by atoms with Crippen LogP contribution >= 0.6 is 23.2 Å². The van der Waals surface area contributed by atoms with E-state index in [1.807, 2.05) is 18.2 Å². The van der Waals surface area contributed by atoms with Gasteiger partial charge in [0.15, 0.2) is 18.1 Å². The highest BCUT2D eigenvalue weighted by Gasteiger charge is 2.24. The standard InChI is InChI=1S/C19H20Cl2N2O3/c1-25-17-8-11(7-15(21)19(17)26-10-18(22)24)9-23-16-6-5-12-13(16)3-2-4-14(12)20/h2-4,7-8,16,23H,5-6,9-10H2,1H3,(H2,22,24). The fraction of sp³-hybridized carbons (Fsp3) is 0.316. The number of hydrogen-bond acceptors (Lipinski definition) is 4. The monoisotopic (exact) mass is 394 g/mol. The van der Waals surface area contributed by atoms with E-state index in [1.165, 1.54) is 18.2 Å². The van der Waals surface area contributed by atoms with Crippen molar-refractivity contribution in [1.29, 1.82) is 0 Å². The van der Waals surface area contributed by atoms with E-state index >= 15 is 0 Å². The van der Waals surface area contributed by atoms with Gasteiger partial charge in [-0.15, -0.1) is 0 Å². The number of nitrogens with two attached hydrogens (primary N) is 1. The molecule has 1 unspecified atom stereocenters. The molecule has 0 fully saturated rings. The molecule has 0 spiro atoms. The average molecular weight is 395 g/mol. The number of fused-ring (bicyclic) bond motifs is 1. The SMILES string of the molecule is COc1cc(CNC2CCc3c(Cl)cccc32)cc(Cl)c1OCC(N)=O. The Labute approximate surface area is 162 Å². The molecule has 3 rings (SSSR count). The average Bonchev–Trinajstić information content (AvgIpc) is 3.03.